The summed E-state index contributed by atoms with van der Waals surface area (Å²) in [5, 5.41) is 0.00152. The first-order chi connectivity index (χ1) is 7.43. The Morgan fingerprint density at radius 2 is 2.12 bits per heavy atom. The molecule has 0 aliphatic carbocycles. The predicted octanol–water partition coefficient (Wildman–Crippen LogP) is 2.88. The summed E-state index contributed by atoms with van der Waals surface area (Å²) in [6.07, 6.45) is 2.49. The molecule has 1 rings (SSSR count). The lowest BCUT2D eigenvalue weighted by molar-refractivity contribution is 0.483. The fourth-order valence-electron chi connectivity index (χ4n) is 1.50. The number of hydrogen-bond acceptors (Lipinski definition) is 2. The first kappa shape index (κ1) is 13.5. The minimum atomic E-state index is -4.12. The first-order valence-electron chi connectivity index (χ1n) is 5.14. The highest BCUT2D eigenvalue weighted by Crippen LogP contribution is 2.16. The van der Waals surface area contributed by atoms with Crippen LogP contribution in [0.2, 0.25) is 0 Å². The molecule has 0 aliphatic heterocycles. The summed E-state index contributed by atoms with van der Waals surface area (Å²) in [4.78, 5) is -0.0784. The Morgan fingerprint density at radius 1 is 1.44 bits per heavy atom. The maximum absolute atomic E-state index is 10.9. The topological polar surface area (TPSA) is 54.4 Å². The maximum Gasteiger partial charge on any atom is 0.294 e. The molecule has 5 heteroatoms. The zero-order chi connectivity index (χ0) is 12.2. The van der Waals surface area contributed by atoms with E-state index in [2.05, 4.69) is 0 Å². The van der Waals surface area contributed by atoms with Crippen molar-refractivity contribution >= 4 is 21.7 Å². The summed E-state index contributed by atoms with van der Waals surface area (Å²) < 4.78 is 30.7. The third-order valence-corrected chi connectivity index (χ3v) is 3.48. The van der Waals surface area contributed by atoms with Crippen molar-refractivity contribution in [3.8, 4) is 0 Å². The van der Waals surface area contributed by atoms with Gasteiger partial charge in [-0.25, -0.2) is 0 Å². The molecule has 0 spiro atoms. The van der Waals surface area contributed by atoms with Crippen molar-refractivity contribution in [2.45, 2.75) is 36.5 Å². The summed E-state index contributed by atoms with van der Waals surface area (Å²) in [5.41, 5.74) is 0.823. The Bertz CT molecular complexity index is 442. The van der Waals surface area contributed by atoms with Crippen LogP contribution in [0.15, 0.2) is 29.2 Å². The molecule has 1 aromatic carbocycles. The highest BCUT2D eigenvalue weighted by Gasteiger charge is 2.11. The summed E-state index contributed by atoms with van der Waals surface area (Å²) >= 11 is 6.07. The monoisotopic (exact) mass is 262 g/mol. The third kappa shape index (κ3) is 4.12. The molecule has 3 nitrogen and oxygen atoms in total. The second kappa shape index (κ2) is 5.66. The number of benzene rings is 1. The standard InChI is InChI=1S/C11H15ClO3S/c1-2-4-10(12)7-9-5-3-6-11(8-9)16(13,14)15/h3,5-6,8,10H,2,4,7H2,1H3,(H,13,14,15). The molecule has 0 aliphatic rings. The van der Waals surface area contributed by atoms with Crippen LogP contribution in [0, 0.1) is 0 Å². The predicted molar refractivity (Wildman–Crippen MR) is 64.5 cm³/mol. The Balaban J connectivity index is 2.83. The van der Waals surface area contributed by atoms with Crippen molar-refractivity contribution in [3.63, 3.8) is 0 Å². The van der Waals surface area contributed by atoms with E-state index in [0.717, 1.165) is 18.4 Å². The highest BCUT2D eigenvalue weighted by molar-refractivity contribution is 7.85. The molecule has 1 unspecified atom stereocenters. The number of alkyl halides is 1. The van der Waals surface area contributed by atoms with Gasteiger partial charge in [-0.15, -0.1) is 11.6 Å². The van der Waals surface area contributed by atoms with Gasteiger partial charge in [0.2, 0.25) is 0 Å². The molecule has 0 heterocycles. The normalized spacial score (nSPS) is 13.7. The van der Waals surface area contributed by atoms with E-state index in [4.69, 9.17) is 16.2 Å². The van der Waals surface area contributed by atoms with Crippen LogP contribution in [0.1, 0.15) is 25.3 Å². The van der Waals surface area contributed by atoms with E-state index >= 15 is 0 Å². The zero-order valence-electron chi connectivity index (χ0n) is 9.06. The SMILES string of the molecule is CCCC(Cl)Cc1cccc(S(=O)(=O)O)c1. The lowest BCUT2D eigenvalue weighted by Gasteiger charge is -2.08. The molecule has 1 N–H and O–H groups in total. The molecule has 0 fully saturated rings. The van der Waals surface area contributed by atoms with E-state index in [9.17, 15) is 8.42 Å². The van der Waals surface area contributed by atoms with Gasteiger partial charge in [-0.05, 0) is 30.5 Å². The Hall–Kier alpha value is -0.580. The molecule has 0 bridgehead atoms. The molecule has 1 aromatic rings. The average molecular weight is 263 g/mol. The quantitative estimate of drug-likeness (QED) is 0.656. The van der Waals surface area contributed by atoms with Gasteiger partial charge in [0.15, 0.2) is 0 Å². The van der Waals surface area contributed by atoms with Gasteiger partial charge in [-0.2, -0.15) is 8.42 Å². The van der Waals surface area contributed by atoms with E-state index in [-0.39, 0.29) is 10.3 Å². The van der Waals surface area contributed by atoms with Gasteiger partial charge in [0.05, 0.1) is 4.90 Å². The minimum Gasteiger partial charge on any atom is -0.282 e. The molecule has 0 radical (unpaired) electrons. The fourth-order valence-corrected chi connectivity index (χ4v) is 2.45. The van der Waals surface area contributed by atoms with E-state index in [0.29, 0.717) is 6.42 Å². The average Bonchev–Trinajstić information content (AvgIpc) is 2.17. The van der Waals surface area contributed by atoms with Crippen molar-refractivity contribution in [2.75, 3.05) is 0 Å². The van der Waals surface area contributed by atoms with Crippen molar-refractivity contribution in [3.05, 3.63) is 29.8 Å². The number of halogens is 1. The van der Waals surface area contributed by atoms with Gasteiger partial charge in [-0.1, -0.05) is 25.5 Å². The molecule has 0 saturated carbocycles. The van der Waals surface area contributed by atoms with Crippen LogP contribution >= 0.6 is 11.6 Å². The van der Waals surface area contributed by atoms with Gasteiger partial charge in [0.1, 0.15) is 0 Å². The van der Waals surface area contributed by atoms with Crippen LogP contribution in [-0.4, -0.2) is 18.3 Å². The van der Waals surface area contributed by atoms with Crippen molar-refractivity contribution in [1.29, 1.82) is 0 Å². The van der Waals surface area contributed by atoms with Crippen LogP contribution in [-0.2, 0) is 16.5 Å². The van der Waals surface area contributed by atoms with Crippen molar-refractivity contribution in [1.82, 2.24) is 0 Å². The minimum absolute atomic E-state index is 0.00152. The van der Waals surface area contributed by atoms with Crippen LogP contribution in [0.3, 0.4) is 0 Å². The maximum atomic E-state index is 10.9. The van der Waals surface area contributed by atoms with Gasteiger partial charge in [-0.3, -0.25) is 4.55 Å². The van der Waals surface area contributed by atoms with Crippen LogP contribution < -0.4 is 0 Å². The molecule has 16 heavy (non-hydrogen) atoms. The number of rotatable bonds is 5. The van der Waals surface area contributed by atoms with Gasteiger partial charge in [0.25, 0.3) is 10.1 Å². The van der Waals surface area contributed by atoms with Crippen molar-refractivity contribution in [2.24, 2.45) is 0 Å². The molecule has 90 valence electrons. The molecule has 0 amide bonds. The first-order valence-corrected chi connectivity index (χ1v) is 7.01. The van der Waals surface area contributed by atoms with Crippen LogP contribution in [0.4, 0.5) is 0 Å². The molecule has 1 atom stereocenters. The summed E-state index contributed by atoms with van der Waals surface area (Å²) in [7, 11) is -4.12. The van der Waals surface area contributed by atoms with Gasteiger partial charge >= 0.3 is 0 Å². The fraction of sp³-hybridized carbons (Fsp3) is 0.455. The Labute approximate surface area is 101 Å². The van der Waals surface area contributed by atoms with E-state index in [1.165, 1.54) is 12.1 Å². The van der Waals surface area contributed by atoms with E-state index < -0.39 is 10.1 Å². The lowest BCUT2D eigenvalue weighted by atomic mass is 10.1. The summed E-state index contributed by atoms with van der Waals surface area (Å²) in [5.74, 6) is 0. The molecular formula is C11H15ClO3S. The zero-order valence-corrected chi connectivity index (χ0v) is 10.6. The smallest absolute Gasteiger partial charge is 0.282 e. The summed E-state index contributed by atoms with van der Waals surface area (Å²) in [6.45, 7) is 2.05. The second-order valence-corrected chi connectivity index (χ2v) is 5.75. The lowest BCUT2D eigenvalue weighted by Crippen LogP contribution is -2.04. The molecular weight excluding hydrogens is 248 g/mol. The second-order valence-electron chi connectivity index (χ2n) is 3.71. The van der Waals surface area contributed by atoms with Gasteiger partial charge < -0.3 is 0 Å². The van der Waals surface area contributed by atoms with Crippen molar-refractivity contribution < 1.29 is 13.0 Å². The molecule has 0 saturated heterocycles. The largest absolute Gasteiger partial charge is 0.294 e. The Morgan fingerprint density at radius 3 is 2.69 bits per heavy atom. The molecule has 0 aromatic heterocycles. The third-order valence-electron chi connectivity index (χ3n) is 2.26. The van der Waals surface area contributed by atoms with Crippen LogP contribution in [0.5, 0.6) is 0 Å². The highest BCUT2D eigenvalue weighted by atomic mass is 35.5. The van der Waals surface area contributed by atoms with E-state index in [1.54, 1.807) is 12.1 Å². The summed E-state index contributed by atoms with van der Waals surface area (Å²) in [6, 6.07) is 6.23. The Kier molecular flexibility index (Phi) is 4.77. The van der Waals surface area contributed by atoms with Crippen LogP contribution in [0.25, 0.3) is 0 Å². The van der Waals surface area contributed by atoms with Gasteiger partial charge in [0, 0.05) is 5.38 Å². The number of hydrogen-bond donors (Lipinski definition) is 1. The van der Waals surface area contributed by atoms with E-state index in [1.807, 2.05) is 6.92 Å².